The van der Waals surface area contributed by atoms with Gasteiger partial charge in [0.05, 0.1) is 11.9 Å². The fourth-order valence-electron chi connectivity index (χ4n) is 7.91. The molecule has 3 fully saturated rings. The lowest BCUT2D eigenvalue weighted by atomic mass is 9.44. The minimum atomic E-state index is -0.558. The van der Waals surface area contributed by atoms with E-state index in [2.05, 4.69) is 20.8 Å². The van der Waals surface area contributed by atoms with Gasteiger partial charge in [-0.2, -0.15) is 0 Å². The molecule has 0 aromatic rings. The highest BCUT2D eigenvalue weighted by Crippen LogP contribution is 2.68. The highest BCUT2D eigenvalue weighted by atomic mass is 16.3. The molecule has 3 heteroatoms. The molecule has 0 saturated heterocycles. The van der Waals surface area contributed by atoms with Gasteiger partial charge in [0.15, 0.2) is 5.78 Å². The number of allylic oxidation sites excluding steroid dienone is 2. The van der Waals surface area contributed by atoms with Crippen LogP contribution in [-0.2, 0) is 4.79 Å². The first-order chi connectivity index (χ1) is 12.1. The predicted molar refractivity (Wildman–Crippen MR) is 103 cm³/mol. The first-order valence-corrected chi connectivity index (χ1v) is 10.4. The van der Waals surface area contributed by atoms with Crippen LogP contribution in [-0.4, -0.2) is 21.6 Å². The Labute approximate surface area is 157 Å². The fourth-order valence-corrected chi connectivity index (χ4v) is 7.91. The summed E-state index contributed by atoms with van der Waals surface area (Å²) in [6.07, 6.45) is 7.05. The Bertz CT molecular complexity index is 715. The van der Waals surface area contributed by atoms with Crippen molar-refractivity contribution in [2.24, 2.45) is 34.5 Å². The van der Waals surface area contributed by atoms with Crippen LogP contribution >= 0.6 is 0 Å². The maximum absolute atomic E-state index is 12.7. The van der Waals surface area contributed by atoms with Crippen LogP contribution in [0.1, 0.15) is 73.1 Å². The van der Waals surface area contributed by atoms with Gasteiger partial charge in [0.2, 0.25) is 0 Å². The van der Waals surface area contributed by atoms with E-state index >= 15 is 0 Å². The maximum Gasteiger partial charge on any atom is 0.187 e. The predicted octanol–water partition coefficient (Wildman–Crippen LogP) is 4.96. The molecule has 0 radical (unpaired) electrons. The van der Waals surface area contributed by atoms with Crippen molar-refractivity contribution in [3.05, 3.63) is 23.0 Å². The number of carbonyl (C=O) groups is 1. The van der Waals surface area contributed by atoms with Gasteiger partial charge in [0.25, 0.3) is 0 Å². The van der Waals surface area contributed by atoms with Crippen molar-refractivity contribution in [1.82, 2.24) is 0 Å². The molecule has 0 amide bonds. The Morgan fingerprint density at radius 3 is 2.42 bits per heavy atom. The van der Waals surface area contributed by atoms with Crippen molar-refractivity contribution >= 4 is 5.78 Å². The molecule has 2 N–H and O–H groups in total. The number of hydrogen-bond donors (Lipinski definition) is 2. The standard InChI is InChI=1S/C23H34O3/c1-13-10-16-17(6-8-22(4)18(16)7-9-23(22,5)26)21(3)11-15(12-24)20(25)14(2)19(13)21/h12-13,16-18,24,26H,6-11H2,1-5H3/b15-12-/t13?,16-,17+,18+,21-,22+,23+/m1/s1. The van der Waals surface area contributed by atoms with Gasteiger partial charge in [0, 0.05) is 5.57 Å². The normalized spacial score (nSPS) is 52.7. The van der Waals surface area contributed by atoms with Crippen molar-refractivity contribution in [3.8, 4) is 0 Å². The van der Waals surface area contributed by atoms with Gasteiger partial charge in [-0.3, -0.25) is 4.79 Å². The minimum absolute atomic E-state index is 0.0145. The third kappa shape index (κ3) is 2.07. The zero-order chi connectivity index (χ0) is 19.1. The van der Waals surface area contributed by atoms with Gasteiger partial charge in [-0.25, -0.2) is 0 Å². The lowest BCUT2D eigenvalue weighted by Gasteiger charge is -2.60. The van der Waals surface area contributed by atoms with Gasteiger partial charge in [-0.1, -0.05) is 26.3 Å². The van der Waals surface area contributed by atoms with Crippen LogP contribution in [0, 0.1) is 34.5 Å². The second kappa shape index (κ2) is 5.47. The van der Waals surface area contributed by atoms with Gasteiger partial charge in [-0.05, 0) is 92.4 Å². The molecular weight excluding hydrogens is 324 g/mol. The highest BCUT2D eigenvalue weighted by Gasteiger charge is 2.63. The summed E-state index contributed by atoms with van der Waals surface area (Å²) in [6, 6.07) is 0. The average Bonchev–Trinajstić information content (AvgIpc) is 2.81. The second-order valence-corrected chi connectivity index (χ2v) is 10.4. The molecule has 0 aromatic carbocycles. The van der Waals surface area contributed by atoms with E-state index in [9.17, 15) is 15.0 Å². The third-order valence-electron chi connectivity index (χ3n) is 9.30. The van der Waals surface area contributed by atoms with Crippen LogP contribution in [0.15, 0.2) is 23.0 Å². The molecule has 0 heterocycles. The molecule has 0 aromatic heterocycles. The first kappa shape index (κ1) is 18.3. The number of Topliss-reactive ketones (excluding diaryl/α,β-unsaturated/α-hetero) is 1. The van der Waals surface area contributed by atoms with E-state index in [1.54, 1.807) is 0 Å². The summed E-state index contributed by atoms with van der Waals surface area (Å²) >= 11 is 0. The molecule has 3 nitrogen and oxygen atoms in total. The number of carbonyl (C=O) groups excluding carboxylic acids is 1. The summed E-state index contributed by atoms with van der Waals surface area (Å²) in [5.41, 5.74) is 2.22. The fraction of sp³-hybridized carbons (Fsp3) is 0.783. The van der Waals surface area contributed by atoms with Gasteiger partial charge in [0.1, 0.15) is 0 Å². The topological polar surface area (TPSA) is 57.5 Å². The number of fused-ring (bicyclic) bond motifs is 5. The van der Waals surface area contributed by atoms with E-state index in [-0.39, 0.29) is 16.6 Å². The number of ketones is 1. The molecule has 0 bridgehead atoms. The van der Waals surface area contributed by atoms with E-state index in [0.29, 0.717) is 35.7 Å². The van der Waals surface area contributed by atoms with Crippen molar-refractivity contribution < 1.29 is 15.0 Å². The van der Waals surface area contributed by atoms with Crippen molar-refractivity contribution in [1.29, 1.82) is 0 Å². The largest absolute Gasteiger partial charge is 0.515 e. The number of hydrogen-bond acceptors (Lipinski definition) is 3. The molecule has 26 heavy (non-hydrogen) atoms. The Morgan fingerprint density at radius 2 is 1.77 bits per heavy atom. The van der Waals surface area contributed by atoms with Crippen LogP contribution in [0.5, 0.6) is 0 Å². The number of rotatable bonds is 0. The molecule has 0 spiro atoms. The van der Waals surface area contributed by atoms with Crippen LogP contribution in [0.2, 0.25) is 0 Å². The van der Waals surface area contributed by atoms with Crippen LogP contribution in [0.3, 0.4) is 0 Å². The zero-order valence-electron chi connectivity index (χ0n) is 16.9. The number of aliphatic hydroxyl groups is 2. The van der Waals surface area contributed by atoms with Crippen LogP contribution in [0.25, 0.3) is 0 Å². The van der Waals surface area contributed by atoms with E-state index in [4.69, 9.17) is 0 Å². The van der Waals surface area contributed by atoms with Crippen molar-refractivity contribution in [2.75, 3.05) is 0 Å². The quantitative estimate of drug-likeness (QED) is 0.475. The number of aliphatic hydroxyl groups excluding tert-OH is 1. The summed E-state index contributed by atoms with van der Waals surface area (Å²) in [4.78, 5) is 12.7. The smallest absolute Gasteiger partial charge is 0.187 e. The van der Waals surface area contributed by atoms with E-state index in [0.717, 1.165) is 43.9 Å². The summed E-state index contributed by atoms with van der Waals surface area (Å²) in [5.74, 6) is 2.15. The maximum atomic E-state index is 12.7. The zero-order valence-corrected chi connectivity index (χ0v) is 16.9. The van der Waals surface area contributed by atoms with Gasteiger partial charge in [-0.15, -0.1) is 0 Å². The monoisotopic (exact) mass is 358 g/mol. The Balaban J connectivity index is 1.80. The van der Waals surface area contributed by atoms with Crippen molar-refractivity contribution in [3.63, 3.8) is 0 Å². The minimum Gasteiger partial charge on any atom is -0.515 e. The molecule has 0 aliphatic heterocycles. The molecule has 3 saturated carbocycles. The summed E-state index contributed by atoms with van der Waals surface area (Å²) in [5, 5.41) is 20.7. The van der Waals surface area contributed by atoms with Crippen LogP contribution in [0.4, 0.5) is 0 Å². The van der Waals surface area contributed by atoms with E-state index < -0.39 is 5.60 Å². The summed E-state index contributed by atoms with van der Waals surface area (Å²) in [7, 11) is 0. The second-order valence-electron chi connectivity index (χ2n) is 10.4. The first-order valence-electron chi connectivity index (χ1n) is 10.4. The molecule has 4 rings (SSSR count). The molecule has 4 aliphatic carbocycles. The molecular formula is C23H34O3. The lowest BCUT2D eigenvalue weighted by molar-refractivity contribution is -0.124. The Morgan fingerprint density at radius 1 is 1.12 bits per heavy atom. The Hall–Kier alpha value is -1.09. The van der Waals surface area contributed by atoms with Gasteiger partial charge < -0.3 is 10.2 Å². The third-order valence-corrected chi connectivity index (χ3v) is 9.30. The van der Waals surface area contributed by atoms with Crippen molar-refractivity contribution in [2.45, 2.75) is 78.7 Å². The molecule has 144 valence electrons. The summed E-state index contributed by atoms with van der Waals surface area (Å²) < 4.78 is 0. The molecule has 4 aliphatic rings. The Kier molecular flexibility index (Phi) is 3.84. The average molecular weight is 359 g/mol. The molecule has 1 unspecified atom stereocenters. The summed E-state index contributed by atoms with van der Waals surface area (Å²) in [6.45, 7) is 10.9. The highest BCUT2D eigenvalue weighted by molar-refractivity contribution is 6.09. The molecule has 7 atom stereocenters. The van der Waals surface area contributed by atoms with Gasteiger partial charge >= 0.3 is 0 Å². The van der Waals surface area contributed by atoms with Crippen LogP contribution < -0.4 is 0 Å². The van der Waals surface area contributed by atoms with E-state index in [1.807, 2.05) is 13.8 Å². The van der Waals surface area contributed by atoms with E-state index in [1.165, 1.54) is 5.57 Å². The SMILES string of the molecule is CC1=C2C(C)C[C@@H]3[C@H](CC[C@@]4(C)[C@H]3CC[C@]4(C)O)[C@@]2(C)C/C(=C/O)C1=O. The lowest BCUT2D eigenvalue weighted by Crippen LogP contribution is -2.55.